The number of hydrogen-bond donors (Lipinski definition) is 2. The molecule has 2 rings (SSSR count). The molecule has 0 aliphatic carbocycles. The van der Waals surface area contributed by atoms with E-state index in [2.05, 4.69) is 15.6 Å². The van der Waals surface area contributed by atoms with Crippen LogP contribution in [0.2, 0.25) is 0 Å². The first-order valence-electron chi connectivity index (χ1n) is 5.57. The molecule has 0 saturated heterocycles. The van der Waals surface area contributed by atoms with Crippen LogP contribution in [0.1, 0.15) is 35.5 Å². The Morgan fingerprint density at radius 3 is 2.88 bits per heavy atom. The SMILES string of the molecule is CCc1nnc(C)cc1C(NN)c1ccoc1. The molecule has 2 aromatic rings. The van der Waals surface area contributed by atoms with Gasteiger partial charge in [0.25, 0.3) is 0 Å². The van der Waals surface area contributed by atoms with Crippen molar-refractivity contribution < 1.29 is 4.42 Å². The van der Waals surface area contributed by atoms with E-state index in [-0.39, 0.29) is 6.04 Å². The van der Waals surface area contributed by atoms with Crippen LogP contribution in [0.3, 0.4) is 0 Å². The van der Waals surface area contributed by atoms with Gasteiger partial charge in [-0.1, -0.05) is 6.92 Å². The summed E-state index contributed by atoms with van der Waals surface area (Å²) in [5.41, 5.74) is 6.64. The molecule has 90 valence electrons. The Hall–Kier alpha value is -1.72. The highest BCUT2D eigenvalue weighted by molar-refractivity contribution is 5.32. The van der Waals surface area contributed by atoms with Gasteiger partial charge in [-0.15, -0.1) is 0 Å². The van der Waals surface area contributed by atoms with Gasteiger partial charge in [-0.05, 0) is 25.5 Å². The standard InChI is InChI=1S/C12H16N4O/c1-3-11-10(6-8(2)15-16-11)12(14-13)9-4-5-17-7-9/h4-7,12,14H,3,13H2,1-2H3. The number of hydrogen-bond acceptors (Lipinski definition) is 5. The summed E-state index contributed by atoms with van der Waals surface area (Å²) >= 11 is 0. The summed E-state index contributed by atoms with van der Waals surface area (Å²) in [7, 11) is 0. The summed E-state index contributed by atoms with van der Waals surface area (Å²) in [6.45, 7) is 3.96. The van der Waals surface area contributed by atoms with Gasteiger partial charge in [0.1, 0.15) is 0 Å². The van der Waals surface area contributed by atoms with Crippen molar-refractivity contribution in [3.63, 3.8) is 0 Å². The molecular weight excluding hydrogens is 216 g/mol. The van der Waals surface area contributed by atoms with Crippen LogP contribution in [0.5, 0.6) is 0 Å². The minimum absolute atomic E-state index is 0.113. The van der Waals surface area contributed by atoms with Crippen LogP contribution in [-0.2, 0) is 6.42 Å². The van der Waals surface area contributed by atoms with E-state index in [9.17, 15) is 0 Å². The maximum Gasteiger partial charge on any atom is 0.0954 e. The molecule has 5 nitrogen and oxygen atoms in total. The number of aryl methyl sites for hydroxylation is 2. The van der Waals surface area contributed by atoms with Gasteiger partial charge >= 0.3 is 0 Å². The number of hydrazine groups is 1. The van der Waals surface area contributed by atoms with E-state index in [1.165, 1.54) is 0 Å². The first-order valence-corrected chi connectivity index (χ1v) is 5.57. The number of nitrogens with two attached hydrogens (primary N) is 1. The van der Waals surface area contributed by atoms with Crippen molar-refractivity contribution in [1.82, 2.24) is 15.6 Å². The lowest BCUT2D eigenvalue weighted by atomic mass is 9.99. The predicted octanol–water partition coefficient (Wildman–Crippen LogP) is 1.49. The van der Waals surface area contributed by atoms with Gasteiger partial charge in [-0.3, -0.25) is 5.84 Å². The number of aromatic nitrogens is 2. The third-order valence-electron chi connectivity index (χ3n) is 2.72. The molecule has 0 radical (unpaired) electrons. The summed E-state index contributed by atoms with van der Waals surface area (Å²) in [5, 5.41) is 8.27. The van der Waals surface area contributed by atoms with Crippen molar-refractivity contribution in [3.8, 4) is 0 Å². The predicted molar refractivity (Wildman–Crippen MR) is 64.0 cm³/mol. The molecule has 0 fully saturated rings. The van der Waals surface area contributed by atoms with Crippen LogP contribution in [-0.4, -0.2) is 10.2 Å². The Morgan fingerprint density at radius 1 is 1.47 bits per heavy atom. The van der Waals surface area contributed by atoms with Crippen LogP contribution < -0.4 is 11.3 Å². The highest BCUT2D eigenvalue weighted by atomic mass is 16.3. The molecule has 0 aromatic carbocycles. The molecule has 0 amide bonds. The van der Waals surface area contributed by atoms with E-state index in [1.54, 1.807) is 12.5 Å². The van der Waals surface area contributed by atoms with Crippen LogP contribution in [0.15, 0.2) is 29.1 Å². The van der Waals surface area contributed by atoms with Crippen molar-refractivity contribution >= 4 is 0 Å². The Morgan fingerprint density at radius 2 is 2.29 bits per heavy atom. The highest BCUT2D eigenvalue weighted by Crippen LogP contribution is 2.24. The van der Waals surface area contributed by atoms with E-state index < -0.39 is 0 Å². The second-order valence-corrected chi connectivity index (χ2v) is 3.90. The fraction of sp³-hybridized carbons (Fsp3) is 0.333. The molecular formula is C12H16N4O. The molecule has 2 aromatic heterocycles. The normalized spacial score (nSPS) is 12.6. The summed E-state index contributed by atoms with van der Waals surface area (Å²) in [6, 6.07) is 3.78. The summed E-state index contributed by atoms with van der Waals surface area (Å²) in [4.78, 5) is 0. The van der Waals surface area contributed by atoms with Crippen LogP contribution in [0, 0.1) is 6.92 Å². The first kappa shape index (κ1) is 11.8. The van der Waals surface area contributed by atoms with E-state index in [1.807, 2.05) is 26.0 Å². The maximum absolute atomic E-state index is 5.63. The molecule has 0 aliphatic heterocycles. The van der Waals surface area contributed by atoms with E-state index in [4.69, 9.17) is 10.3 Å². The smallest absolute Gasteiger partial charge is 0.0954 e. The molecule has 0 saturated carbocycles. The molecule has 0 spiro atoms. The van der Waals surface area contributed by atoms with Crippen molar-refractivity contribution in [3.05, 3.63) is 47.2 Å². The second-order valence-electron chi connectivity index (χ2n) is 3.90. The zero-order valence-corrected chi connectivity index (χ0v) is 9.97. The van der Waals surface area contributed by atoms with Crippen LogP contribution >= 0.6 is 0 Å². The zero-order valence-electron chi connectivity index (χ0n) is 9.97. The third-order valence-corrected chi connectivity index (χ3v) is 2.72. The van der Waals surface area contributed by atoms with Crippen molar-refractivity contribution in [2.45, 2.75) is 26.3 Å². The minimum atomic E-state index is -0.113. The summed E-state index contributed by atoms with van der Waals surface area (Å²) in [5.74, 6) is 5.63. The van der Waals surface area contributed by atoms with E-state index in [0.29, 0.717) is 0 Å². The lowest BCUT2D eigenvalue weighted by Gasteiger charge is -2.17. The quantitative estimate of drug-likeness (QED) is 0.617. The second kappa shape index (κ2) is 5.07. The van der Waals surface area contributed by atoms with Gasteiger partial charge < -0.3 is 4.42 Å². The molecule has 17 heavy (non-hydrogen) atoms. The number of nitrogens with zero attached hydrogens (tertiary/aromatic N) is 2. The lowest BCUT2D eigenvalue weighted by Crippen LogP contribution is -2.29. The zero-order chi connectivity index (χ0) is 12.3. The Balaban J connectivity index is 2.46. The summed E-state index contributed by atoms with van der Waals surface area (Å²) < 4.78 is 5.09. The Kier molecular flexibility index (Phi) is 3.51. The van der Waals surface area contributed by atoms with E-state index >= 15 is 0 Å². The average Bonchev–Trinajstić information content (AvgIpc) is 2.84. The first-order chi connectivity index (χ1) is 8.26. The van der Waals surface area contributed by atoms with Crippen molar-refractivity contribution in [2.75, 3.05) is 0 Å². The monoisotopic (exact) mass is 232 g/mol. The maximum atomic E-state index is 5.63. The number of rotatable bonds is 4. The Labute approximate surface area is 100 Å². The van der Waals surface area contributed by atoms with Gasteiger partial charge in [0.2, 0.25) is 0 Å². The molecule has 1 unspecified atom stereocenters. The molecule has 0 bridgehead atoms. The molecule has 2 heterocycles. The largest absolute Gasteiger partial charge is 0.472 e. The van der Waals surface area contributed by atoms with Gasteiger partial charge in [0.15, 0.2) is 0 Å². The van der Waals surface area contributed by atoms with Gasteiger partial charge in [-0.2, -0.15) is 10.2 Å². The van der Waals surface area contributed by atoms with E-state index in [0.717, 1.165) is 28.9 Å². The number of nitrogens with one attached hydrogen (secondary N) is 1. The average molecular weight is 232 g/mol. The fourth-order valence-electron chi connectivity index (χ4n) is 1.86. The number of furan rings is 1. The highest BCUT2D eigenvalue weighted by Gasteiger charge is 2.18. The lowest BCUT2D eigenvalue weighted by molar-refractivity contribution is 0.551. The van der Waals surface area contributed by atoms with Crippen molar-refractivity contribution in [1.29, 1.82) is 0 Å². The Bertz CT molecular complexity index is 481. The molecule has 0 aliphatic rings. The summed E-state index contributed by atoms with van der Waals surface area (Å²) in [6.07, 6.45) is 4.13. The fourth-order valence-corrected chi connectivity index (χ4v) is 1.86. The van der Waals surface area contributed by atoms with Crippen molar-refractivity contribution in [2.24, 2.45) is 5.84 Å². The van der Waals surface area contributed by atoms with Crippen LogP contribution in [0.4, 0.5) is 0 Å². The van der Waals surface area contributed by atoms with Gasteiger partial charge in [-0.25, -0.2) is 5.43 Å². The molecule has 5 heteroatoms. The van der Waals surface area contributed by atoms with Crippen LogP contribution in [0.25, 0.3) is 0 Å². The molecule has 1 atom stereocenters. The third kappa shape index (κ3) is 2.35. The minimum Gasteiger partial charge on any atom is -0.472 e. The van der Waals surface area contributed by atoms with Gasteiger partial charge in [0, 0.05) is 11.1 Å². The van der Waals surface area contributed by atoms with Gasteiger partial charge in [0.05, 0.1) is 30.0 Å². The molecule has 3 N–H and O–H groups in total. The topological polar surface area (TPSA) is 77.0 Å².